The van der Waals surface area contributed by atoms with Crippen molar-refractivity contribution in [2.24, 2.45) is 0 Å². The maximum atomic E-state index is 12.8. The molecule has 1 amide bonds. The number of ether oxygens (including phenoxy) is 1. The van der Waals surface area contributed by atoms with Crippen LogP contribution in [0.1, 0.15) is 49.6 Å². The third-order valence-corrected chi connectivity index (χ3v) is 4.32. The van der Waals surface area contributed by atoms with Crippen LogP contribution in [0.2, 0.25) is 0 Å². The van der Waals surface area contributed by atoms with Crippen molar-refractivity contribution in [1.29, 1.82) is 0 Å². The van der Waals surface area contributed by atoms with E-state index in [0.717, 1.165) is 17.3 Å². The van der Waals surface area contributed by atoms with Gasteiger partial charge in [0.2, 0.25) is 5.91 Å². The van der Waals surface area contributed by atoms with Gasteiger partial charge in [-0.25, -0.2) is 9.97 Å². The van der Waals surface area contributed by atoms with Gasteiger partial charge in [0.1, 0.15) is 17.7 Å². The first-order chi connectivity index (χ1) is 11.6. The summed E-state index contributed by atoms with van der Waals surface area (Å²) < 4.78 is 7.62. The minimum absolute atomic E-state index is 0.126. The first-order valence-electron chi connectivity index (χ1n) is 8.46. The molecule has 2 aromatic rings. The molecular weight excluding hydrogens is 306 g/mol. The number of morpholine rings is 1. The van der Waals surface area contributed by atoms with Crippen LogP contribution in [0.4, 0.5) is 0 Å². The lowest BCUT2D eigenvalue weighted by molar-refractivity contribution is -0.140. The van der Waals surface area contributed by atoms with E-state index in [1.54, 1.807) is 12.4 Å². The minimum atomic E-state index is -0.132. The molecule has 0 spiro atoms. The Kier molecular flexibility index (Phi) is 4.99. The van der Waals surface area contributed by atoms with Crippen LogP contribution in [0.15, 0.2) is 18.6 Å². The number of carbonyl (C=O) groups excluding carboxylic acids is 1. The Balaban J connectivity index is 1.67. The van der Waals surface area contributed by atoms with Crippen LogP contribution in [-0.4, -0.2) is 50.1 Å². The maximum Gasteiger partial charge on any atom is 0.225 e. The van der Waals surface area contributed by atoms with Crippen molar-refractivity contribution in [2.75, 3.05) is 19.8 Å². The summed E-state index contributed by atoms with van der Waals surface area (Å²) in [5, 5.41) is 0. The molecule has 0 aliphatic carbocycles. The fourth-order valence-electron chi connectivity index (χ4n) is 3.10. The Morgan fingerprint density at radius 3 is 3.00 bits per heavy atom. The summed E-state index contributed by atoms with van der Waals surface area (Å²) in [4.78, 5) is 26.6. The van der Waals surface area contributed by atoms with Crippen LogP contribution in [0.3, 0.4) is 0 Å². The molecule has 130 valence electrons. The van der Waals surface area contributed by atoms with Crippen molar-refractivity contribution >= 4 is 5.91 Å². The highest BCUT2D eigenvalue weighted by molar-refractivity contribution is 5.76. The topological polar surface area (TPSA) is 76.0 Å². The number of hydrogen-bond acceptors (Lipinski definition) is 4. The van der Waals surface area contributed by atoms with Crippen LogP contribution in [-0.2, 0) is 16.1 Å². The van der Waals surface area contributed by atoms with E-state index in [9.17, 15) is 4.79 Å². The Morgan fingerprint density at radius 2 is 2.29 bits per heavy atom. The summed E-state index contributed by atoms with van der Waals surface area (Å²) in [5.41, 5.74) is 0.989. The molecule has 1 N–H and O–H groups in total. The smallest absolute Gasteiger partial charge is 0.225 e. The molecule has 24 heavy (non-hydrogen) atoms. The fourth-order valence-corrected chi connectivity index (χ4v) is 3.10. The summed E-state index contributed by atoms with van der Waals surface area (Å²) in [5.74, 6) is 2.28. The molecule has 0 unspecified atom stereocenters. The highest BCUT2D eigenvalue weighted by atomic mass is 16.5. The first kappa shape index (κ1) is 16.7. The molecule has 1 atom stereocenters. The van der Waals surface area contributed by atoms with Gasteiger partial charge < -0.3 is 19.2 Å². The molecule has 1 saturated heterocycles. The van der Waals surface area contributed by atoms with Crippen molar-refractivity contribution in [2.45, 2.75) is 45.7 Å². The van der Waals surface area contributed by atoms with E-state index >= 15 is 0 Å². The van der Waals surface area contributed by atoms with E-state index in [2.05, 4.69) is 33.4 Å². The van der Waals surface area contributed by atoms with E-state index in [0.29, 0.717) is 38.6 Å². The summed E-state index contributed by atoms with van der Waals surface area (Å²) in [6, 6.07) is -0.132. The molecule has 2 aromatic heterocycles. The highest BCUT2D eigenvalue weighted by Crippen LogP contribution is 2.23. The molecule has 0 bridgehead atoms. The number of amides is 1. The van der Waals surface area contributed by atoms with E-state index in [-0.39, 0.29) is 11.9 Å². The van der Waals surface area contributed by atoms with Gasteiger partial charge in [-0.2, -0.15) is 0 Å². The number of aromatic nitrogens is 4. The number of rotatable bonds is 5. The molecule has 7 nitrogen and oxygen atoms in total. The summed E-state index contributed by atoms with van der Waals surface area (Å²) in [6.07, 6.45) is 5.97. The van der Waals surface area contributed by atoms with Crippen molar-refractivity contribution in [3.63, 3.8) is 0 Å². The fraction of sp³-hybridized carbons (Fsp3) is 0.588. The monoisotopic (exact) mass is 331 g/mol. The molecule has 0 saturated carbocycles. The standard InChI is InChI=1S/C17H25N5O2/c1-12(2)17-18-5-7-21(17)6-4-15(23)22-8-9-24-11-14(22)16-19-10-13(3)20-16/h5,7,10,12,14H,4,6,8-9,11H2,1-3H3,(H,19,20)/t14-/m1/s1. The average Bonchev–Trinajstić information content (AvgIpc) is 3.21. The number of aromatic amines is 1. The summed E-state index contributed by atoms with van der Waals surface area (Å²) in [6.45, 7) is 8.48. The quantitative estimate of drug-likeness (QED) is 0.909. The predicted octanol–water partition coefficient (Wildman–Crippen LogP) is 2.03. The lowest BCUT2D eigenvalue weighted by atomic mass is 10.2. The van der Waals surface area contributed by atoms with Crippen LogP contribution < -0.4 is 0 Å². The molecule has 3 rings (SSSR count). The van der Waals surface area contributed by atoms with E-state index < -0.39 is 0 Å². The Labute approximate surface area is 142 Å². The van der Waals surface area contributed by atoms with Crippen LogP contribution in [0, 0.1) is 6.92 Å². The minimum Gasteiger partial charge on any atom is -0.377 e. The van der Waals surface area contributed by atoms with Crippen LogP contribution >= 0.6 is 0 Å². The van der Waals surface area contributed by atoms with Gasteiger partial charge in [0.15, 0.2) is 0 Å². The molecule has 1 aliphatic rings. The zero-order valence-corrected chi connectivity index (χ0v) is 14.5. The average molecular weight is 331 g/mol. The largest absolute Gasteiger partial charge is 0.377 e. The van der Waals surface area contributed by atoms with Gasteiger partial charge >= 0.3 is 0 Å². The van der Waals surface area contributed by atoms with E-state index in [1.807, 2.05) is 18.0 Å². The van der Waals surface area contributed by atoms with Gasteiger partial charge in [-0.3, -0.25) is 4.79 Å². The van der Waals surface area contributed by atoms with Crippen LogP contribution in [0.5, 0.6) is 0 Å². The third kappa shape index (κ3) is 3.51. The number of H-pyrrole nitrogens is 1. The molecular formula is C17H25N5O2. The molecule has 0 aromatic carbocycles. The van der Waals surface area contributed by atoms with Gasteiger partial charge in [0.25, 0.3) is 0 Å². The first-order valence-corrected chi connectivity index (χ1v) is 8.46. The number of hydrogen-bond donors (Lipinski definition) is 1. The van der Waals surface area contributed by atoms with Crippen molar-refractivity contribution < 1.29 is 9.53 Å². The van der Waals surface area contributed by atoms with Crippen molar-refractivity contribution in [1.82, 2.24) is 24.4 Å². The predicted molar refractivity (Wildman–Crippen MR) is 89.5 cm³/mol. The summed E-state index contributed by atoms with van der Waals surface area (Å²) in [7, 11) is 0. The number of carbonyl (C=O) groups is 1. The molecule has 1 fully saturated rings. The molecule has 7 heteroatoms. The third-order valence-electron chi connectivity index (χ3n) is 4.32. The second-order valence-corrected chi connectivity index (χ2v) is 6.51. The van der Waals surface area contributed by atoms with Crippen molar-refractivity contribution in [3.05, 3.63) is 35.9 Å². The zero-order chi connectivity index (χ0) is 17.1. The second kappa shape index (κ2) is 7.17. The number of nitrogens with one attached hydrogen (secondary N) is 1. The number of nitrogens with zero attached hydrogens (tertiary/aromatic N) is 4. The zero-order valence-electron chi connectivity index (χ0n) is 14.5. The van der Waals surface area contributed by atoms with E-state index in [1.165, 1.54) is 0 Å². The van der Waals surface area contributed by atoms with Crippen LogP contribution in [0.25, 0.3) is 0 Å². The Bertz CT molecular complexity index is 691. The van der Waals surface area contributed by atoms with Crippen molar-refractivity contribution in [3.8, 4) is 0 Å². The molecule has 3 heterocycles. The Hall–Kier alpha value is -2.15. The summed E-state index contributed by atoms with van der Waals surface area (Å²) >= 11 is 0. The van der Waals surface area contributed by atoms with Gasteiger partial charge in [-0.05, 0) is 6.92 Å². The Morgan fingerprint density at radius 1 is 1.46 bits per heavy atom. The molecule has 1 aliphatic heterocycles. The SMILES string of the molecule is Cc1cnc([C@H]2COCCN2C(=O)CCn2ccnc2C(C)C)[nH]1. The van der Waals surface area contributed by atoms with Gasteiger partial charge in [0, 0.05) is 49.7 Å². The maximum absolute atomic E-state index is 12.8. The highest BCUT2D eigenvalue weighted by Gasteiger charge is 2.30. The second-order valence-electron chi connectivity index (χ2n) is 6.51. The lowest BCUT2D eigenvalue weighted by Crippen LogP contribution is -2.44. The van der Waals surface area contributed by atoms with E-state index in [4.69, 9.17) is 4.74 Å². The normalized spacial score (nSPS) is 18.3. The lowest BCUT2D eigenvalue weighted by Gasteiger charge is -2.34. The van der Waals surface area contributed by atoms with Gasteiger partial charge in [0.05, 0.1) is 13.2 Å². The van der Waals surface area contributed by atoms with Gasteiger partial charge in [-0.15, -0.1) is 0 Å². The van der Waals surface area contributed by atoms with Gasteiger partial charge in [-0.1, -0.05) is 13.8 Å². The molecule has 0 radical (unpaired) electrons. The number of imidazole rings is 2. The number of aryl methyl sites for hydroxylation is 2.